The molecule has 3 heteroatoms. The largest absolute Gasteiger partial charge is 0.505 e. The van der Waals surface area contributed by atoms with Crippen LogP contribution in [0.2, 0.25) is 10.0 Å². The highest BCUT2D eigenvalue weighted by Gasteiger charge is 2.04. The normalized spacial score (nSPS) is 9.85. The minimum atomic E-state index is -0.0609. The van der Waals surface area contributed by atoms with Crippen molar-refractivity contribution >= 4 is 29.3 Å². The number of hydrogen-bond donors (Lipinski definition) is 1. The van der Waals surface area contributed by atoms with E-state index in [2.05, 4.69) is 0 Å². The predicted molar refractivity (Wildman–Crippen MR) is 57.5 cm³/mol. The molecule has 0 aliphatic carbocycles. The molecule has 1 nitrogen and oxygen atoms in total. The summed E-state index contributed by atoms with van der Waals surface area (Å²) in [6.45, 7) is 3.96. The fraction of sp³-hybridized carbons (Fsp3) is 0.200. The molecule has 0 amide bonds. The van der Waals surface area contributed by atoms with Gasteiger partial charge in [0, 0.05) is 0 Å². The first-order valence-electron chi connectivity index (χ1n) is 3.83. The molecule has 0 heterocycles. The van der Waals surface area contributed by atoms with Gasteiger partial charge in [-0.1, -0.05) is 34.9 Å². The van der Waals surface area contributed by atoms with Gasteiger partial charge in [0.2, 0.25) is 0 Å². The number of allylic oxidation sites excluding steroid dienone is 1. The van der Waals surface area contributed by atoms with Gasteiger partial charge in [0.05, 0.1) is 10.0 Å². The van der Waals surface area contributed by atoms with E-state index in [1.807, 2.05) is 19.9 Å². The number of halogens is 2. The zero-order valence-corrected chi connectivity index (χ0v) is 8.95. The Kier molecular flexibility index (Phi) is 3.23. The van der Waals surface area contributed by atoms with Crippen LogP contribution < -0.4 is 0 Å². The molecule has 0 fully saturated rings. The van der Waals surface area contributed by atoms with Gasteiger partial charge >= 0.3 is 0 Å². The van der Waals surface area contributed by atoms with E-state index < -0.39 is 0 Å². The van der Waals surface area contributed by atoms with Gasteiger partial charge in [-0.3, -0.25) is 0 Å². The van der Waals surface area contributed by atoms with Crippen LogP contribution in [0.5, 0.6) is 5.75 Å². The molecule has 0 aliphatic rings. The number of rotatable bonds is 1. The van der Waals surface area contributed by atoms with Gasteiger partial charge in [0.25, 0.3) is 0 Å². The lowest BCUT2D eigenvalue weighted by molar-refractivity contribution is 0.476. The maximum absolute atomic E-state index is 9.28. The van der Waals surface area contributed by atoms with E-state index in [4.69, 9.17) is 23.2 Å². The van der Waals surface area contributed by atoms with E-state index in [0.717, 1.165) is 11.1 Å². The second-order valence-corrected chi connectivity index (χ2v) is 3.87. The number of phenols is 1. The minimum absolute atomic E-state index is 0.0609. The summed E-state index contributed by atoms with van der Waals surface area (Å²) < 4.78 is 0. The first-order valence-corrected chi connectivity index (χ1v) is 4.59. The Bertz CT molecular complexity index is 329. The predicted octanol–water partition coefficient (Wildman–Crippen LogP) is 4.12. The Labute approximate surface area is 87.6 Å². The molecule has 0 saturated heterocycles. The molecule has 0 aliphatic heterocycles. The van der Waals surface area contributed by atoms with Gasteiger partial charge in [0.15, 0.2) is 5.75 Å². The molecule has 1 N–H and O–H groups in total. The Balaban J connectivity index is 3.21. The Morgan fingerprint density at radius 1 is 1.23 bits per heavy atom. The molecule has 0 radical (unpaired) electrons. The summed E-state index contributed by atoms with van der Waals surface area (Å²) in [5.74, 6) is -0.0609. The van der Waals surface area contributed by atoms with Gasteiger partial charge in [-0.2, -0.15) is 0 Å². The van der Waals surface area contributed by atoms with Crippen molar-refractivity contribution in [2.45, 2.75) is 13.8 Å². The summed E-state index contributed by atoms with van der Waals surface area (Å²) >= 11 is 11.5. The topological polar surface area (TPSA) is 20.2 Å². The van der Waals surface area contributed by atoms with Crippen molar-refractivity contribution < 1.29 is 5.11 Å². The van der Waals surface area contributed by atoms with Crippen molar-refractivity contribution in [2.24, 2.45) is 0 Å². The van der Waals surface area contributed by atoms with E-state index in [9.17, 15) is 5.11 Å². The summed E-state index contributed by atoms with van der Waals surface area (Å²) in [5, 5.41) is 9.84. The third kappa shape index (κ3) is 2.64. The fourth-order valence-corrected chi connectivity index (χ4v) is 1.51. The van der Waals surface area contributed by atoms with Crippen LogP contribution in [0.25, 0.3) is 6.08 Å². The van der Waals surface area contributed by atoms with Crippen LogP contribution >= 0.6 is 23.2 Å². The third-order valence-electron chi connectivity index (χ3n) is 1.49. The molecule has 70 valence electrons. The van der Waals surface area contributed by atoms with Gasteiger partial charge < -0.3 is 5.11 Å². The smallest absolute Gasteiger partial charge is 0.152 e. The van der Waals surface area contributed by atoms with Gasteiger partial charge in [0.1, 0.15) is 0 Å². The van der Waals surface area contributed by atoms with Crippen molar-refractivity contribution in [1.29, 1.82) is 0 Å². The van der Waals surface area contributed by atoms with Gasteiger partial charge in [-0.25, -0.2) is 0 Å². The van der Waals surface area contributed by atoms with Crippen LogP contribution in [0.15, 0.2) is 17.7 Å². The first kappa shape index (κ1) is 10.4. The maximum Gasteiger partial charge on any atom is 0.152 e. The molecule has 1 aromatic rings. The second kappa shape index (κ2) is 4.03. The Morgan fingerprint density at radius 2 is 1.69 bits per heavy atom. The highest BCUT2D eigenvalue weighted by molar-refractivity contribution is 6.37. The van der Waals surface area contributed by atoms with E-state index in [1.165, 1.54) is 0 Å². The van der Waals surface area contributed by atoms with Crippen molar-refractivity contribution in [3.8, 4) is 5.75 Å². The SMILES string of the molecule is CC(C)=Cc1cc(Cl)c(O)c(Cl)c1. The highest BCUT2D eigenvalue weighted by Crippen LogP contribution is 2.33. The zero-order chi connectivity index (χ0) is 10.0. The lowest BCUT2D eigenvalue weighted by atomic mass is 10.1. The van der Waals surface area contributed by atoms with Crippen LogP contribution in [-0.2, 0) is 0 Å². The van der Waals surface area contributed by atoms with E-state index in [1.54, 1.807) is 12.1 Å². The van der Waals surface area contributed by atoms with Crippen LogP contribution in [0.4, 0.5) is 0 Å². The third-order valence-corrected chi connectivity index (χ3v) is 2.07. The molecule has 0 unspecified atom stereocenters. The fourth-order valence-electron chi connectivity index (χ4n) is 1.00. The first-order chi connectivity index (χ1) is 6.00. The monoisotopic (exact) mass is 216 g/mol. The molecule has 0 aromatic heterocycles. The molecular weight excluding hydrogens is 207 g/mol. The molecule has 0 atom stereocenters. The van der Waals surface area contributed by atoms with Crippen molar-refractivity contribution in [3.05, 3.63) is 33.3 Å². The molecule has 1 rings (SSSR count). The minimum Gasteiger partial charge on any atom is -0.505 e. The van der Waals surface area contributed by atoms with Crippen LogP contribution in [0.3, 0.4) is 0 Å². The number of hydrogen-bond acceptors (Lipinski definition) is 1. The number of phenolic OH excluding ortho intramolecular Hbond substituents is 1. The average molecular weight is 217 g/mol. The molecule has 0 saturated carbocycles. The molecule has 13 heavy (non-hydrogen) atoms. The quantitative estimate of drug-likeness (QED) is 0.749. The molecule has 1 aromatic carbocycles. The molecular formula is C10H10Cl2O. The van der Waals surface area contributed by atoms with Crippen LogP contribution in [0.1, 0.15) is 19.4 Å². The van der Waals surface area contributed by atoms with Crippen molar-refractivity contribution in [3.63, 3.8) is 0 Å². The van der Waals surface area contributed by atoms with Crippen LogP contribution in [0, 0.1) is 0 Å². The van der Waals surface area contributed by atoms with Crippen molar-refractivity contribution in [1.82, 2.24) is 0 Å². The molecule has 0 bridgehead atoms. The average Bonchev–Trinajstić information content (AvgIpc) is 1.98. The van der Waals surface area contributed by atoms with E-state index in [0.29, 0.717) is 0 Å². The maximum atomic E-state index is 9.28. The number of aromatic hydroxyl groups is 1. The summed E-state index contributed by atoms with van der Waals surface area (Å²) in [6, 6.07) is 3.35. The summed E-state index contributed by atoms with van der Waals surface area (Å²) in [4.78, 5) is 0. The van der Waals surface area contributed by atoms with Crippen LogP contribution in [-0.4, -0.2) is 5.11 Å². The highest BCUT2D eigenvalue weighted by atomic mass is 35.5. The zero-order valence-electron chi connectivity index (χ0n) is 7.44. The van der Waals surface area contributed by atoms with Gasteiger partial charge in [-0.05, 0) is 31.5 Å². The lowest BCUT2D eigenvalue weighted by Crippen LogP contribution is -1.77. The summed E-state index contributed by atoms with van der Waals surface area (Å²) in [6.07, 6.45) is 1.94. The Hall–Kier alpha value is -0.660. The van der Waals surface area contributed by atoms with E-state index >= 15 is 0 Å². The summed E-state index contributed by atoms with van der Waals surface area (Å²) in [5.41, 5.74) is 2.05. The lowest BCUT2D eigenvalue weighted by Gasteiger charge is -2.02. The standard InChI is InChI=1S/C10H10Cl2O/c1-6(2)3-7-4-8(11)10(13)9(12)5-7/h3-5,13H,1-2H3. The van der Waals surface area contributed by atoms with E-state index in [-0.39, 0.29) is 15.8 Å². The Morgan fingerprint density at radius 3 is 2.08 bits per heavy atom. The van der Waals surface area contributed by atoms with Gasteiger partial charge in [-0.15, -0.1) is 0 Å². The number of benzene rings is 1. The molecule has 0 spiro atoms. The summed E-state index contributed by atoms with van der Waals surface area (Å²) in [7, 11) is 0. The van der Waals surface area contributed by atoms with Crippen molar-refractivity contribution in [2.75, 3.05) is 0 Å². The second-order valence-electron chi connectivity index (χ2n) is 3.05.